The van der Waals surface area contributed by atoms with E-state index in [2.05, 4.69) is 20.8 Å². The van der Waals surface area contributed by atoms with E-state index in [1.807, 2.05) is 0 Å². The molecule has 0 bridgehead atoms. The van der Waals surface area contributed by atoms with Crippen molar-refractivity contribution in [2.45, 2.75) is 11.2 Å². The minimum absolute atomic E-state index is 0.0385. The summed E-state index contributed by atoms with van der Waals surface area (Å²) in [6, 6.07) is 10.7. The lowest BCUT2D eigenvalue weighted by Gasteiger charge is -2.16. The Balaban J connectivity index is 1.62. The molecule has 0 aliphatic heterocycles. The molecule has 0 radical (unpaired) electrons. The number of amides is 2. The van der Waals surface area contributed by atoms with Crippen molar-refractivity contribution in [2.75, 3.05) is 24.8 Å². The lowest BCUT2D eigenvalue weighted by molar-refractivity contribution is -0.113. The van der Waals surface area contributed by atoms with Gasteiger partial charge in [-0.05, 0) is 36.4 Å². The topological polar surface area (TPSA) is 118 Å². The Labute approximate surface area is 204 Å². The van der Waals surface area contributed by atoms with E-state index in [1.54, 1.807) is 54.1 Å². The summed E-state index contributed by atoms with van der Waals surface area (Å²) in [4.78, 5) is 24.9. The Morgan fingerprint density at radius 2 is 1.91 bits per heavy atom. The normalized spacial score (nSPS) is 11.7. The second-order valence-corrected chi connectivity index (χ2v) is 8.50. The third-order valence-corrected chi connectivity index (χ3v) is 6.42. The van der Waals surface area contributed by atoms with Crippen LogP contribution in [-0.2, 0) is 11.8 Å². The number of halogens is 2. The van der Waals surface area contributed by atoms with Gasteiger partial charge in [0.1, 0.15) is 11.8 Å². The number of aromatic nitrogens is 3. The van der Waals surface area contributed by atoms with Crippen molar-refractivity contribution < 1.29 is 19.4 Å². The van der Waals surface area contributed by atoms with Gasteiger partial charge in [-0.2, -0.15) is 0 Å². The zero-order chi connectivity index (χ0) is 24.0. The molecule has 0 aliphatic carbocycles. The molecule has 12 heteroatoms. The Kier molecular flexibility index (Phi) is 8.56. The smallest absolute Gasteiger partial charge is 0.251 e. The van der Waals surface area contributed by atoms with Crippen molar-refractivity contribution in [3.63, 3.8) is 0 Å². The SMILES string of the molecule is COc1ccc(C(=O)N[C@H](CO)c2nnc(SCC(=O)Nc3cccc(Cl)c3Cl)n2C)cc1. The summed E-state index contributed by atoms with van der Waals surface area (Å²) >= 11 is 13.2. The number of anilines is 1. The highest BCUT2D eigenvalue weighted by Crippen LogP contribution is 2.30. The lowest BCUT2D eigenvalue weighted by atomic mass is 10.2. The summed E-state index contributed by atoms with van der Waals surface area (Å²) in [7, 11) is 3.22. The van der Waals surface area contributed by atoms with E-state index in [0.29, 0.717) is 33.0 Å². The quantitative estimate of drug-likeness (QED) is 0.378. The van der Waals surface area contributed by atoms with Gasteiger partial charge in [0.15, 0.2) is 11.0 Å². The second kappa shape index (κ2) is 11.4. The molecule has 0 aliphatic rings. The molecule has 33 heavy (non-hydrogen) atoms. The summed E-state index contributed by atoms with van der Waals surface area (Å²) in [5.74, 6) is 0.325. The number of carbonyl (C=O) groups is 2. The van der Waals surface area contributed by atoms with Crippen LogP contribution >= 0.6 is 35.0 Å². The monoisotopic (exact) mass is 509 g/mol. The van der Waals surface area contributed by atoms with Gasteiger partial charge in [0, 0.05) is 12.6 Å². The molecule has 1 aromatic heterocycles. The molecular formula is C21H21Cl2N5O4S. The van der Waals surface area contributed by atoms with E-state index in [4.69, 9.17) is 27.9 Å². The van der Waals surface area contributed by atoms with Crippen LogP contribution in [-0.4, -0.2) is 51.2 Å². The zero-order valence-electron chi connectivity index (χ0n) is 17.7. The van der Waals surface area contributed by atoms with Gasteiger partial charge in [-0.25, -0.2) is 0 Å². The Hall–Kier alpha value is -2.79. The molecule has 0 unspecified atom stereocenters. The number of nitrogens with one attached hydrogen (secondary N) is 2. The number of thioether (sulfide) groups is 1. The molecule has 0 fully saturated rings. The van der Waals surface area contributed by atoms with Crippen LogP contribution in [0.3, 0.4) is 0 Å². The molecule has 0 saturated heterocycles. The number of nitrogens with zero attached hydrogens (tertiary/aromatic N) is 3. The molecule has 1 atom stereocenters. The van der Waals surface area contributed by atoms with E-state index in [0.717, 1.165) is 11.8 Å². The van der Waals surface area contributed by atoms with Crippen LogP contribution in [0.2, 0.25) is 10.0 Å². The van der Waals surface area contributed by atoms with Crippen LogP contribution < -0.4 is 15.4 Å². The summed E-state index contributed by atoms with van der Waals surface area (Å²) < 4.78 is 6.70. The molecule has 1 heterocycles. The first-order chi connectivity index (χ1) is 15.8. The molecule has 3 aromatic rings. The van der Waals surface area contributed by atoms with Crippen molar-refractivity contribution in [1.82, 2.24) is 20.1 Å². The van der Waals surface area contributed by atoms with E-state index >= 15 is 0 Å². The number of carbonyl (C=O) groups excluding carboxylic acids is 2. The third-order valence-electron chi connectivity index (χ3n) is 4.58. The van der Waals surface area contributed by atoms with Crippen LogP contribution in [0.25, 0.3) is 0 Å². The Morgan fingerprint density at radius 1 is 1.18 bits per heavy atom. The zero-order valence-corrected chi connectivity index (χ0v) is 20.0. The first-order valence-electron chi connectivity index (χ1n) is 9.65. The molecular weight excluding hydrogens is 489 g/mol. The number of methoxy groups -OCH3 is 1. The minimum atomic E-state index is -0.787. The number of hydrogen-bond acceptors (Lipinski definition) is 7. The highest BCUT2D eigenvalue weighted by molar-refractivity contribution is 7.99. The maximum absolute atomic E-state index is 12.5. The van der Waals surface area contributed by atoms with Crippen LogP contribution in [0, 0.1) is 0 Å². The van der Waals surface area contributed by atoms with Crippen molar-refractivity contribution in [3.05, 3.63) is 63.9 Å². The first kappa shape index (κ1) is 24.8. The summed E-state index contributed by atoms with van der Waals surface area (Å²) in [6.07, 6.45) is 0. The average Bonchev–Trinajstić information content (AvgIpc) is 3.19. The number of benzene rings is 2. The summed E-state index contributed by atoms with van der Waals surface area (Å²) in [5, 5.41) is 24.4. The number of aliphatic hydroxyl groups is 1. The van der Waals surface area contributed by atoms with Gasteiger partial charge in [-0.1, -0.05) is 41.0 Å². The van der Waals surface area contributed by atoms with E-state index in [1.165, 1.54) is 7.11 Å². The molecule has 2 amide bonds. The fourth-order valence-corrected chi connectivity index (χ4v) is 3.91. The van der Waals surface area contributed by atoms with Gasteiger partial charge in [0.25, 0.3) is 5.91 Å². The second-order valence-electron chi connectivity index (χ2n) is 6.78. The maximum Gasteiger partial charge on any atom is 0.251 e. The summed E-state index contributed by atoms with van der Waals surface area (Å²) in [6.45, 7) is -0.383. The molecule has 3 N–H and O–H groups in total. The first-order valence-corrected chi connectivity index (χ1v) is 11.4. The van der Waals surface area contributed by atoms with E-state index in [-0.39, 0.29) is 29.2 Å². The maximum atomic E-state index is 12.5. The Bertz CT molecular complexity index is 1140. The van der Waals surface area contributed by atoms with Crippen molar-refractivity contribution in [2.24, 2.45) is 7.05 Å². The minimum Gasteiger partial charge on any atom is -0.497 e. The van der Waals surface area contributed by atoms with Gasteiger partial charge in [-0.15, -0.1) is 10.2 Å². The van der Waals surface area contributed by atoms with Crippen molar-refractivity contribution in [3.8, 4) is 5.75 Å². The standard InChI is InChI=1S/C21H21Cl2N5O4S/c1-28-19(16(10-29)25-20(31)12-6-8-13(32-2)9-7-12)26-27-21(28)33-11-17(30)24-15-5-3-4-14(22)18(15)23/h3-9,16,29H,10-11H2,1-2H3,(H,24,30)(H,25,31)/t16-/m1/s1. The lowest BCUT2D eigenvalue weighted by Crippen LogP contribution is -2.32. The van der Waals surface area contributed by atoms with Gasteiger partial charge < -0.3 is 25.0 Å². The molecule has 9 nitrogen and oxygen atoms in total. The number of rotatable bonds is 9. The molecule has 0 saturated carbocycles. The van der Waals surface area contributed by atoms with Crippen LogP contribution in [0.1, 0.15) is 22.2 Å². The van der Waals surface area contributed by atoms with Crippen LogP contribution in [0.5, 0.6) is 5.75 Å². The van der Waals surface area contributed by atoms with Gasteiger partial charge in [0.05, 0.1) is 35.2 Å². The van der Waals surface area contributed by atoms with Crippen LogP contribution in [0.4, 0.5) is 5.69 Å². The van der Waals surface area contributed by atoms with Crippen molar-refractivity contribution in [1.29, 1.82) is 0 Å². The number of aliphatic hydroxyl groups excluding tert-OH is 1. The molecule has 174 valence electrons. The van der Waals surface area contributed by atoms with Gasteiger partial charge in [-0.3, -0.25) is 9.59 Å². The fraction of sp³-hybridized carbons (Fsp3) is 0.238. The predicted octanol–water partition coefficient (Wildman–Crippen LogP) is 3.32. The molecule has 0 spiro atoms. The number of hydrogen-bond donors (Lipinski definition) is 3. The van der Waals surface area contributed by atoms with Crippen LogP contribution in [0.15, 0.2) is 47.6 Å². The predicted molar refractivity (Wildman–Crippen MR) is 127 cm³/mol. The highest BCUT2D eigenvalue weighted by atomic mass is 35.5. The number of ether oxygens (including phenoxy) is 1. The fourth-order valence-electron chi connectivity index (χ4n) is 2.85. The van der Waals surface area contributed by atoms with Crippen molar-refractivity contribution >= 4 is 52.5 Å². The molecule has 2 aromatic carbocycles. The molecule has 3 rings (SSSR count). The van der Waals surface area contributed by atoms with Gasteiger partial charge in [0.2, 0.25) is 5.91 Å². The highest BCUT2D eigenvalue weighted by Gasteiger charge is 2.22. The summed E-state index contributed by atoms with van der Waals surface area (Å²) in [5.41, 5.74) is 0.817. The Morgan fingerprint density at radius 3 is 2.58 bits per heavy atom. The average molecular weight is 510 g/mol. The van der Waals surface area contributed by atoms with E-state index in [9.17, 15) is 14.7 Å². The van der Waals surface area contributed by atoms with E-state index < -0.39 is 6.04 Å². The van der Waals surface area contributed by atoms with Gasteiger partial charge >= 0.3 is 0 Å². The third kappa shape index (κ3) is 6.17. The largest absolute Gasteiger partial charge is 0.497 e.